The maximum Gasteiger partial charge on any atom is 0.259 e. The number of rotatable bonds is 6. The molecule has 0 radical (unpaired) electrons. The molecule has 5 nitrogen and oxygen atoms in total. The maximum absolute atomic E-state index is 13.1. The molecule has 0 saturated carbocycles. The molecule has 1 amide bonds. The van der Waals surface area contributed by atoms with Crippen molar-refractivity contribution in [3.05, 3.63) is 77.1 Å². The Kier molecular flexibility index (Phi) is 5.88. The average molecular weight is 410 g/mol. The van der Waals surface area contributed by atoms with Crippen molar-refractivity contribution in [2.75, 3.05) is 25.5 Å². The van der Waals surface area contributed by atoms with E-state index in [1.54, 1.807) is 19.2 Å². The number of methoxy groups -OCH3 is 1. The van der Waals surface area contributed by atoms with Gasteiger partial charge < -0.3 is 14.6 Å². The molecule has 2 aromatic carbocycles. The van der Waals surface area contributed by atoms with Crippen LogP contribution in [0, 0.1) is 0 Å². The van der Waals surface area contributed by atoms with Gasteiger partial charge in [-0.15, -0.1) is 0 Å². The second kappa shape index (κ2) is 8.72. The van der Waals surface area contributed by atoms with E-state index in [4.69, 9.17) is 16.3 Å². The Morgan fingerprint density at radius 3 is 2.55 bits per heavy atom. The third-order valence-corrected chi connectivity index (χ3v) is 5.56. The van der Waals surface area contributed by atoms with Gasteiger partial charge >= 0.3 is 0 Å². The summed E-state index contributed by atoms with van der Waals surface area (Å²) >= 11 is 6.48. The van der Waals surface area contributed by atoms with Gasteiger partial charge in [-0.1, -0.05) is 29.8 Å². The Balaban J connectivity index is 1.60. The molecule has 4 rings (SSSR count). The van der Waals surface area contributed by atoms with Gasteiger partial charge in [-0.3, -0.25) is 9.69 Å². The zero-order chi connectivity index (χ0) is 20.2. The number of likely N-dealkylation sites (tertiary alicyclic amines) is 1. The van der Waals surface area contributed by atoms with Crippen LogP contribution in [0.1, 0.15) is 28.8 Å². The lowest BCUT2D eigenvalue weighted by Crippen LogP contribution is -2.21. The van der Waals surface area contributed by atoms with Crippen molar-refractivity contribution >= 4 is 23.2 Å². The molecule has 1 aromatic heterocycles. The topological polar surface area (TPSA) is 46.5 Å². The van der Waals surface area contributed by atoms with Gasteiger partial charge in [0.15, 0.2) is 0 Å². The first-order chi connectivity index (χ1) is 14.2. The minimum absolute atomic E-state index is 0.239. The lowest BCUT2D eigenvalue weighted by molar-refractivity contribution is 0.102. The van der Waals surface area contributed by atoms with Crippen LogP contribution in [0.15, 0.2) is 60.9 Å². The molecule has 2 heterocycles. The summed E-state index contributed by atoms with van der Waals surface area (Å²) in [4.78, 5) is 15.5. The first kappa shape index (κ1) is 19.6. The molecule has 150 valence electrons. The third-order valence-electron chi connectivity index (χ3n) is 5.25. The van der Waals surface area contributed by atoms with Gasteiger partial charge in [-0.25, -0.2) is 0 Å². The van der Waals surface area contributed by atoms with Gasteiger partial charge in [0.2, 0.25) is 0 Å². The Labute approximate surface area is 175 Å². The van der Waals surface area contributed by atoms with Crippen molar-refractivity contribution in [1.29, 1.82) is 0 Å². The number of aromatic nitrogens is 1. The first-order valence-electron chi connectivity index (χ1n) is 9.78. The van der Waals surface area contributed by atoms with Gasteiger partial charge in [0.1, 0.15) is 5.75 Å². The van der Waals surface area contributed by atoms with E-state index in [0.717, 1.165) is 36.6 Å². The SMILES string of the molecule is COc1cc(-n2cccc2)c(Cl)cc1C(=O)Nc1ccccc1CN1CCCC1. The highest BCUT2D eigenvalue weighted by Crippen LogP contribution is 2.31. The standard InChI is InChI=1S/C23H24ClN3O2/c1-29-22-15-21(27-12-6-7-13-27)19(24)14-18(22)23(28)25-20-9-3-2-8-17(20)16-26-10-4-5-11-26/h2-3,6-9,12-15H,4-5,10-11,16H2,1H3,(H,25,28). The van der Waals surface area contributed by atoms with E-state index >= 15 is 0 Å². The fourth-order valence-corrected chi connectivity index (χ4v) is 3.99. The number of ether oxygens (including phenoxy) is 1. The van der Waals surface area contributed by atoms with Gasteiger partial charge in [-0.05, 0) is 55.8 Å². The minimum atomic E-state index is -0.239. The maximum atomic E-state index is 13.1. The fourth-order valence-electron chi connectivity index (χ4n) is 3.73. The summed E-state index contributed by atoms with van der Waals surface area (Å²) in [7, 11) is 1.56. The summed E-state index contributed by atoms with van der Waals surface area (Å²) in [6.45, 7) is 3.04. The molecule has 29 heavy (non-hydrogen) atoms. The van der Waals surface area contributed by atoms with Crippen LogP contribution in [0.2, 0.25) is 5.02 Å². The normalized spacial score (nSPS) is 14.1. The number of anilines is 1. The van der Waals surface area contributed by atoms with Crippen LogP contribution in [-0.4, -0.2) is 35.6 Å². The van der Waals surface area contributed by atoms with E-state index in [1.807, 2.05) is 47.3 Å². The van der Waals surface area contributed by atoms with Crippen LogP contribution in [0.5, 0.6) is 5.75 Å². The summed E-state index contributed by atoms with van der Waals surface area (Å²) in [6.07, 6.45) is 6.26. The molecule has 0 aliphatic carbocycles. The number of para-hydroxylation sites is 1. The van der Waals surface area contributed by atoms with Crippen LogP contribution in [0.3, 0.4) is 0 Å². The largest absolute Gasteiger partial charge is 0.496 e. The number of carbonyl (C=O) groups excluding carboxylic acids is 1. The third kappa shape index (κ3) is 4.31. The van der Waals surface area contributed by atoms with Gasteiger partial charge in [0.05, 0.1) is 23.4 Å². The number of carbonyl (C=O) groups is 1. The molecule has 3 aromatic rings. The first-order valence-corrected chi connectivity index (χ1v) is 10.2. The van der Waals surface area contributed by atoms with E-state index in [1.165, 1.54) is 12.8 Å². The summed E-state index contributed by atoms with van der Waals surface area (Å²) in [6, 6.07) is 15.2. The molecule has 1 N–H and O–H groups in total. The lowest BCUT2D eigenvalue weighted by Gasteiger charge is -2.18. The summed E-state index contributed by atoms with van der Waals surface area (Å²) < 4.78 is 7.38. The predicted octanol–water partition coefficient (Wildman–Crippen LogP) is 4.99. The Morgan fingerprint density at radius 2 is 1.83 bits per heavy atom. The van der Waals surface area contributed by atoms with Crippen molar-refractivity contribution in [2.24, 2.45) is 0 Å². The van der Waals surface area contributed by atoms with E-state index in [2.05, 4.69) is 16.3 Å². The minimum Gasteiger partial charge on any atom is -0.496 e. The predicted molar refractivity (Wildman–Crippen MR) is 116 cm³/mol. The number of benzene rings is 2. The molecule has 1 saturated heterocycles. The summed E-state index contributed by atoms with van der Waals surface area (Å²) in [5, 5.41) is 3.53. The summed E-state index contributed by atoms with van der Waals surface area (Å²) in [5.74, 6) is 0.240. The quantitative estimate of drug-likeness (QED) is 0.624. The highest BCUT2D eigenvalue weighted by molar-refractivity contribution is 6.33. The van der Waals surface area contributed by atoms with Gasteiger partial charge in [-0.2, -0.15) is 0 Å². The zero-order valence-electron chi connectivity index (χ0n) is 16.4. The second-order valence-corrected chi connectivity index (χ2v) is 7.60. The highest BCUT2D eigenvalue weighted by Gasteiger charge is 2.19. The molecule has 0 bridgehead atoms. The zero-order valence-corrected chi connectivity index (χ0v) is 17.2. The van der Waals surface area contributed by atoms with Crippen LogP contribution in [0.4, 0.5) is 5.69 Å². The van der Waals surface area contributed by atoms with Crippen LogP contribution in [0.25, 0.3) is 5.69 Å². The van der Waals surface area contributed by atoms with Crippen LogP contribution < -0.4 is 10.1 Å². The number of amides is 1. The number of nitrogens with one attached hydrogen (secondary N) is 1. The smallest absolute Gasteiger partial charge is 0.259 e. The second-order valence-electron chi connectivity index (χ2n) is 7.19. The van der Waals surface area contributed by atoms with Crippen molar-refractivity contribution < 1.29 is 9.53 Å². The monoisotopic (exact) mass is 409 g/mol. The van der Waals surface area contributed by atoms with E-state index in [0.29, 0.717) is 16.3 Å². The number of hydrogen-bond donors (Lipinski definition) is 1. The highest BCUT2D eigenvalue weighted by atomic mass is 35.5. The molecule has 0 atom stereocenters. The van der Waals surface area contributed by atoms with Crippen molar-refractivity contribution in [3.8, 4) is 11.4 Å². The Morgan fingerprint density at radius 1 is 1.10 bits per heavy atom. The van der Waals surface area contributed by atoms with Crippen molar-refractivity contribution in [2.45, 2.75) is 19.4 Å². The number of hydrogen-bond acceptors (Lipinski definition) is 3. The molecule has 1 aliphatic rings. The molecule has 0 unspecified atom stereocenters. The molecule has 1 fully saturated rings. The van der Waals surface area contributed by atoms with Gasteiger partial charge in [0, 0.05) is 30.7 Å². The molecule has 6 heteroatoms. The molecule has 1 aliphatic heterocycles. The number of nitrogens with zero attached hydrogens (tertiary/aromatic N) is 2. The molecular formula is C23H24ClN3O2. The van der Waals surface area contributed by atoms with Gasteiger partial charge in [0.25, 0.3) is 5.91 Å². The number of halogens is 1. The Hall–Kier alpha value is -2.76. The average Bonchev–Trinajstić information content (AvgIpc) is 3.43. The van der Waals surface area contributed by atoms with Crippen LogP contribution >= 0.6 is 11.6 Å². The van der Waals surface area contributed by atoms with E-state index in [-0.39, 0.29) is 5.91 Å². The fraction of sp³-hybridized carbons (Fsp3) is 0.261. The summed E-state index contributed by atoms with van der Waals surface area (Å²) in [5.41, 5.74) is 3.10. The van der Waals surface area contributed by atoms with E-state index < -0.39 is 0 Å². The Bertz CT molecular complexity index is 995. The van der Waals surface area contributed by atoms with Crippen molar-refractivity contribution in [1.82, 2.24) is 9.47 Å². The molecule has 0 spiro atoms. The van der Waals surface area contributed by atoms with Crippen LogP contribution in [-0.2, 0) is 6.54 Å². The van der Waals surface area contributed by atoms with Crippen molar-refractivity contribution in [3.63, 3.8) is 0 Å². The molecular weight excluding hydrogens is 386 g/mol. The lowest BCUT2D eigenvalue weighted by atomic mass is 10.1. The van der Waals surface area contributed by atoms with E-state index in [9.17, 15) is 4.79 Å².